The zero-order valence-corrected chi connectivity index (χ0v) is 21.6. The molecule has 8 heteroatoms. The Bertz CT molecular complexity index is 1290. The lowest BCUT2D eigenvalue weighted by Gasteiger charge is -2.18. The van der Waals surface area contributed by atoms with Gasteiger partial charge in [0.05, 0.1) is 31.0 Å². The fourth-order valence-electron chi connectivity index (χ4n) is 4.17. The van der Waals surface area contributed by atoms with Crippen molar-refractivity contribution in [1.29, 1.82) is 0 Å². The topological polar surface area (TPSA) is 78.6 Å². The zero-order valence-electron chi connectivity index (χ0n) is 20.0. The molecule has 182 valence electrons. The van der Waals surface area contributed by atoms with Crippen LogP contribution in [0.15, 0.2) is 59.6 Å². The van der Waals surface area contributed by atoms with Crippen LogP contribution in [0.4, 0.5) is 0 Å². The van der Waals surface area contributed by atoms with Gasteiger partial charge in [0.2, 0.25) is 0 Å². The van der Waals surface area contributed by atoms with E-state index in [-0.39, 0.29) is 5.97 Å². The van der Waals surface area contributed by atoms with Crippen molar-refractivity contribution in [2.24, 2.45) is 0 Å². The van der Waals surface area contributed by atoms with Crippen LogP contribution in [0.1, 0.15) is 49.2 Å². The van der Waals surface area contributed by atoms with Crippen LogP contribution in [0.25, 0.3) is 16.6 Å². The maximum absolute atomic E-state index is 12.0. The first kappa shape index (κ1) is 25.0. The minimum absolute atomic E-state index is 0.183. The third-order valence-electron chi connectivity index (χ3n) is 5.76. The van der Waals surface area contributed by atoms with Crippen molar-refractivity contribution in [3.63, 3.8) is 0 Å². The van der Waals surface area contributed by atoms with Crippen LogP contribution < -0.4 is 0 Å². The molecule has 0 aliphatic carbocycles. The first-order valence-electron chi connectivity index (χ1n) is 11.9. The molecule has 4 heterocycles. The van der Waals surface area contributed by atoms with Gasteiger partial charge in [0.25, 0.3) is 0 Å². The molecular weight excluding hydrogens is 508 g/mol. The van der Waals surface area contributed by atoms with E-state index in [1.807, 2.05) is 29.8 Å². The SMILES string of the molecule is CCOC(=O)CCCc1c(COCc2cccnc2)nn2c(CC)ccc2c1-c1cncc(Br)c1. The van der Waals surface area contributed by atoms with Gasteiger partial charge in [-0.15, -0.1) is 0 Å². The molecule has 0 aliphatic heterocycles. The van der Waals surface area contributed by atoms with Gasteiger partial charge in [0.15, 0.2) is 0 Å². The number of aryl methyl sites for hydroxylation is 1. The fraction of sp³-hybridized carbons (Fsp3) is 0.333. The fourth-order valence-corrected chi connectivity index (χ4v) is 4.54. The molecule has 7 nitrogen and oxygen atoms in total. The Morgan fingerprint density at radius 1 is 1.09 bits per heavy atom. The van der Waals surface area contributed by atoms with Crippen molar-refractivity contribution in [3.8, 4) is 11.1 Å². The predicted octanol–water partition coefficient (Wildman–Crippen LogP) is 5.72. The molecule has 0 spiro atoms. The molecule has 0 aliphatic rings. The summed E-state index contributed by atoms with van der Waals surface area (Å²) in [4.78, 5) is 20.6. The smallest absolute Gasteiger partial charge is 0.305 e. The number of rotatable bonds is 11. The summed E-state index contributed by atoms with van der Waals surface area (Å²) in [5.41, 5.74) is 7.12. The molecule has 0 saturated carbocycles. The molecule has 4 rings (SSSR count). The first-order chi connectivity index (χ1) is 17.1. The highest BCUT2D eigenvalue weighted by atomic mass is 79.9. The Kier molecular flexibility index (Phi) is 8.60. The van der Waals surface area contributed by atoms with Crippen LogP contribution in [-0.4, -0.2) is 32.2 Å². The van der Waals surface area contributed by atoms with Gasteiger partial charge in [0.1, 0.15) is 0 Å². The van der Waals surface area contributed by atoms with E-state index in [9.17, 15) is 4.79 Å². The van der Waals surface area contributed by atoms with Gasteiger partial charge in [-0.1, -0.05) is 13.0 Å². The largest absolute Gasteiger partial charge is 0.466 e. The van der Waals surface area contributed by atoms with E-state index < -0.39 is 0 Å². The third-order valence-corrected chi connectivity index (χ3v) is 6.19. The predicted molar refractivity (Wildman–Crippen MR) is 138 cm³/mol. The molecule has 0 N–H and O–H groups in total. The minimum atomic E-state index is -0.183. The highest BCUT2D eigenvalue weighted by Crippen LogP contribution is 2.34. The van der Waals surface area contributed by atoms with E-state index in [0.717, 1.165) is 50.1 Å². The summed E-state index contributed by atoms with van der Waals surface area (Å²) in [5.74, 6) is -0.183. The molecule has 4 aromatic heterocycles. The van der Waals surface area contributed by atoms with Gasteiger partial charge in [-0.3, -0.25) is 14.8 Å². The second-order valence-corrected chi connectivity index (χ2v) is 9.10. The van der Waals surface area contributed by atoms with E-state index in [1.54, 1.807) is 18.6 Å². The maximum atomic E-state index is 12.0. The van der Waals surface area contributed by atoms with Crippen LogP contribution in [0.5, 0.6) is 0 Å². The first-order valence-corrected chi connectivity index (χ1v) is 12.7. The van der Waals surface area contributed by atoms with Crippen molar-refractivity contribution in [2.75, 3.05) is 6.61 Å². The number of ether oxygens (including phenoxy) is 2. The van der Waals surface area contributed by atoms with Crippen LogP contribution in [0, 0.1) is 0 Å². The number of aromatic nitrogens is 4. The van der Waals surface area contributed by atoms with Gasteiger partial charge in [-0.25, -0.2) is 4.52 Å². The molecule has 0 amide bonds. The summed E-state index contributed by atoms with van der Waals surface area (Å²) in [7, 11) is 0. The summed E-state index contributed by atoms with van der Waals surface area (Å²) in [6.45, 7) is 5.11. The van der Waals surface area contributed by atoms with Crippen molar-refractivity contribution in [3.05, 3.63) is 82.1 Å². The van der Waals surface area contributed by atoms with Crippen LogP contribution in [0.3, 0.4) is 0 Å². The van der Waals surface area contributed by atoms with Gasteiger partial charge >= 0.3 is 5.97 Å². The molecule has 35 heavy (non-hydrogen) atoms. The number of pyridine rings is 2. The van der Waals surface area contributed by atoms with Crippen molar-refractivity contribution in [2.45, 2.75) is 52.7 Å². The molecule has 0 radical (unpaired) electrons. The van der Waals surface area contributed by atoms with Crippen LogP contribution in [-0.2, 0) is 40.3 Å². The molecular formula is C27H29BrN4O3. The summed E-state index contributed by atoms with van der Waals surface area (Å²) in [6, 6.07) is 10.2. The number of carbonyl (C=O) groups excluding carboxylic acids is 1. The van der Waals surface area contributed by atoms with Crippen molar-refractivity contribution in [1.82, 2.24) is 19.6 Å². The normalized spacial score (nSPS) is 11.2. The van der Waals surface area contributed by atoms with E-state index in [4.69, 9.17) is 14.6 Å². The average Bonchev–Trinajstić information content (AvgIpc) is 3.27. The molecule has 0 atom stereocenters. The number of nitrogens with zero attached hydrogens (tertiary/aromatic N) is 4. The third kappa shape index (κ3) is 6.13. The Labute approximate surface area is 213 Å². The van der Waals surface area contributed by atoms with Gasteiger partial charge in [-0.2, -0.15) is 5.10 Å². The van der Waals surface area contributed by atoms with Crippen molar-refractivity contribution >= 4 is 27.4 Å². The Hall–Kier alpha value is -3.10. The number of halogens is 1. The Morgan fingerprint density at radius 2 is 1.97 bits per heavy atom. The number of fused-ring (bicyclic) bond motifs is 1. The number of hydrogen-bond donors (Lipinski definition) is 0. The molecule has 0 fully saturated rings. The molecule has 4 aromatic rings. The maximum Gasteiger partial charge on any atom is 0.305 e. The summed E-state index contributed by atoms with van der Waals surface area (Å²) in [5, 5.41) is 5.01. The zero-order chi connectivity index (χ0) is 24.6. The molecule has 0 bridgehead atoms. The standard InChI is InChI=1S/C27H29BrN4O3/c1-3-22-10-11-25-27(20-13-21(28)16-30-15-20)23(8-5-9-26(33)35-4-2)24(31-32(22)25)18-34-17-19-7-6-12-29-14-19/h6-7,10-16H,3-5,8-9,17-18H2,1-2H3. The lowest BCUT2D eigenvalue weighted by atomic mass is 9.95. The van der Waals surface area contributed by atoms with E-state index in [1.165, 1.54) is 0 Å². The lowest BCUT2D eigenvalue weighted by molar-refractivity contribution is -0.143. The van der Waals surface area contributed by atoms with Crippen LogP contribution in [0.2, 0.25) is 0 Å². The summed E-state index contributed by atoms with van der Waals surface area (Å²) in [6.07, 6.45) is 9.73. The second kappa shape index (κ2) is 12.0. The molecule has 0 unspecified atom stereocenters. The van der Waals surface area contributed by atoms with E-state index in [0.29, 0.717) is 39.1 Å². The second-order valence-electron chi connectivity index (χ2n) is 8.18. The summed E-state index contributed by atoms with van der Waals surface area (Å²) >= 11 is 3.57. The Morgan fingerprint density at radius 3 is 2.71 bits per heavy atom. The number of hydrogen-bond acceptors (Lipinski definition) is 6. The lowest BCUT2D eigenvalue weighted by Crippen LogP contribution is -2.11. The van der Waals surface area contributed by atoms with Gasteiger partial charge in [0, 0.05) is 52.5 Å². The van der Waals surface area contributed by atoms with E-state index >= 15 is 0 Å². The highest BCUT2D eigenvalue weighted by Gasteiger charge is 2.20. The van der Waals surface area contributed by atoms with Crippen molar-refractivity contribution < 1.29 is 14.3 Å². The molecule has 0 aromatic carbocycles. The summed E-state index contributed by atoms with van der Waals surface area (Å²) < 4.78 is 14.1. The Balaban J connectivity index is 1.75. The van der Waals surface area contributed by atoms with Gasteiger partial charge < -0.3 is 9.47 Å². The average molecular weight is 537 g/mol. The number of carbonyl (C=O) groups is 1. The van der Waals surface area contributed by atoms with Gasteiger partial charge in [-0.05, 0) is 77.5 Å². The van der Waals surface area contributed by atoms with E-state index in [2.05, 4.69) is 51.0 Å². The van der Waals surface area contributed by atoms with Crippen LogP contribution >= 0.6 is 15.9 Å². The highest BCUT2D eigenvalue weighted by molar-refractivity contribution is 9.10. The monoisotopic (exact) mass is 536 g/mol. The molecule has 0 saturated heterocycles. The minimum Gasteiger partial charge on any atom is -0.466 e. The quantitative estimate of drug-likeness (QED) is 0.228. The number of esters is 1.